The van der Waals surface area contributed by atoms with E-state index in [1.807, 2.05) is 6.07 Å². The third kappa shape index (κ3) is 5.33. The molecule has 0 atom stereocenters. The lowest BCUT2D eigenvalue weighted by atomic mass is 9.95. The van der Waals surface area contributed by atoms with Gasteiger partial charge >= 0.3 is 6.18 Å². The van der Waals surface area contributed by atoms with Gasteiger partial charge in [0.1, 0.15) is 17.2 Å². The molecule has 1 aromatic carbocycles. The first-order valence-corrected chi connectivity index (χ1v) is 11.4. The fourth-order valence-corrected chi connectivity index (χ4v) is 4.32. The number of rotatable bonds is 7. The summed E-state index contributed by atoms with van der Waals surface area (Å²) in [6.45, 7) is 0. The average Bonchev–Trinajstić information content (AvgIpc) is 3.28. The number of aliphatic imine (C=N–C) groups is 1. The van der Waals surface area contributed by atoms with Crippen molar-refractivity contribution in [1.29, 1.82) is 0 Å². The third-order valence-electron chi connectivity index (χ3n) is 6.02. The molecule has 0 spiro atoms. The predicted molar refractivity (Wildman–Crippen MR) is 131 cm³/mol. The summed E-state index contributed by atoms with van der Waals surface area (Å²) in [5.41, 5.74) is 6.80. The molecule has 0 radical (unpaired) electrons. The summed E-state index contributed by atoms with van der Waals surface area (Å²) in [5.74, 6) is 0.785. The van der Waals surface area contributed by atoms with E-state index in [0.29, 0.717) is 17.1 Å². The van der Waals surface area contributed by atoms with Gasteiger partial charge in [-0.2, -0.15) is 23.1 Å². The lowest BCUT2D eigenvalue weighted by Gasteiger charge is -2.24. The van der Waals surface area contributed by atoms with Gasteiger partial charge in [0.05, 0.1) is 29.5 Å². The van der Waals surface area contributed by atoms with Crippen LogP contribution in [0.3, 0.4) is 0 Å². The van der Waals surface area contributed by atoms with Crippen molar-refractivity contribution in [1.82, 2.24) is 15.0 Å². The second-order valence-corrected chi connectivity index (χ2v) is 8.31. The van der Waals surface area contributed by atoms with Crippen molar-refractivity contribution >= 4 is 34.2 Å². The molecule has 0 aliphatic heterocycles. The summed E-state index contributed by atoms with van der Waals surface area (Å²) in [6.07, 6.45) is 4.42. The van der Waals surface area contributed by atoms with Gasteiger partial charge < -0.3 is 26.1 Å². The van der Waals surface area contributed by atoms with E-state index in [-0.39, 0.29) is 28.8 Å². The molecule has 0 saturated heterocycles. The molecule has 1 saturated carbocycles. The maximum atomic E-state index is 13.7. The zero-order chi connectivity index (χ0) is 25.0. The van der Waals surface area contributed by atoms with Crippen LogP contribution in [-0.2, 0) is 6.18 Å². The Kier molecular flexibility index (Phi) is 7.13. The van der Waals surface area contributed by atoms with Gasteiger partial charge in [-0.15, -0.1) is 0 Å². The molecular weight excluding hydrogens is 459 g/mol. The molecule has 3 aromatic rings. The molecule has 4 rings (SSSR count). The summed E-state index contributed by atoms with van der Waals surface area (Å²) in [5, 5.41) is 6.27. The van der Waals surface area contributed by atoms with Crippen LogP contribution in [0.1, 0.15) is 43.2 Å². The van der Waals surface area contributed by atoms with E-state index in [2.05, 4.69) is 30.6 Å². The number of ether oxygens (including phenoxy) is 1. The summed E-state index contributed by atoms with van der Waals surface area (Å²) in [6, 6.07) is 5.42. The number of benzene rings is 1. The molecule has 0 unspecified atom stereocenters. The average molecular weight is 488 g/mol. The number of aromatic amines is 1. The SMILES string of the molecule is CN=C(C=CN)c1ccc(Nc2nc(NC3CCCCC3)c3c(C(F)(F)F)c[nH]c3n2)c(OC)c1. The summed E-state index contributed by atoms with van der Waals surface area (Å²) in [4.78, 5) is 15.6. The van der Waals surface area contributed by atoms with Gasteiger partial charge in [0, 0.05) is 24.8 Å². The second-order valence-electron chi connectivity index (χ2n) is 8.31. The molecule has 1 aliphatic carbocycles. The second kappa shape index (κ2) is 10.2. The molecule has 186 valence electrons. The highest BCUT2D eigenvalue weighted by Gasteiger charge is 2.36. The number of alkyl halides is 3. The fourth-order valence-electron chi connectivity index (χ4n) is 4.32. The minimum absolute atomic E-state index is 0.0573. The third-order valence-corrected chi connectivity index (χ3v) is 6.02. The number of hydrogen-bond donors (Lipinski definition) is 4. The number of halogens is 3. The van der Waals surface area contributed by atoms with Crippen LogP contribution in [-0.4, -0.2) is 40.9 Å². The van der Waals surface area contributed by atoms with E-state index in [9.17, 15) is 13.2 Å². The van der Waals surface area contributed by atoms with Crippen molar-refractivity contribution in [3.8, 4) is 5.75 Å². The number of fused-ring (bicyclic) bond motifs is 1. The van der Waals surface area contributed by atoms with Crippen LogP contribution < -0.4 is 21.1 Å². The van der Waals surface area contributed by atoms with Crippen molar-refractivity contribution in [3.63, 3.8) is 0 Å². The molecule has 0 amide bonds. The quantitative estimate of drug-likeness (QED) is 0.334. The van der Waals surface area contributed by atoms with Crippen molar-refractivity contribution in [2.75, 3.05) is 24.8 Å². The van der Waals surface area contributed by atoms with Gasteiger partial charge in [-0.1, -0.05) is 25.3 Å². The number of hydrogen-bond acceptors (Lipinski definition) is 7. The molecular formula is C24H28F3N7O. The van der Waals surface area contributed by atoms with E-state index in [4.69, 9.17) is 10.5 Å². The first-order chi connectivity index (χ1) is 16.8. The van der Waals surface area contributed by atoms with Crippen LogP contribution in [0.4, 0.5) is 30.6 Å². The van der Waals surface area contributed by atoms with Gasteiger partial charge in [0.25, 0.3) is 0 Å². The van der Waals surface area contributed by atoms with Crippen LogP contribution in [0, 0.1) is 0 Å². The van der Waals surface area contributed by atoms with E-state index in [1.54, 1.807) is 25.3 Å². The molecule has 1 aliphatic rings. The topological polar surface area (TPSA) is 113 Å². The zero-order valence-corrected chi connectivity index (χ0v) is 19.5. The zero-order valence-electron chi connectivity index (χ0n) is 19.5. The van der Waals surface area contributed by atoms with Gasteiger partial charge in [-0.05, 0) is 37.3 Å². The summed E-state index contributed by atoms with van der Waals surface area (Å²) < 4.78 is 46.6. The molecule has 35 heavy (non-hydrogen) atoms. The molecule has 2 heterocycles. The standard InChI is InChI=1S/C24H28F3N7O/c1-29-17(10-11-28)14-8-9-18(19(12-14)35-2)32-23-33-21-20(16(13-30-21)24(25,26)27)22(34-23)31-15-6-4-3-5-7-15/h8-13,15H,3-7,28H2,1-2H3,(H3,30,31,32,33,34). The number of H-pyrrole nitrogens is 1. The highest BCUT2D eigenvalue weighted by atomic mass is 19.4. The molecule has 1 fully saturated rings. The molecule has 0 bridgehead atoms. The smallest absolute Gasteiger partial charge is 0.418 e. The maximum absolute atomic E-state index is 13.7. The normalized spacial score (nSPS) is 15.6. The fraction of sp³-hybridized carbons (Fsp3) is 0.375. The Bertz CT molecular complexity index is 1240. The Morgan fingerprint density at radius 1 is 1.23 bits per heavy atom. The lowest BCUT2D eigenvalue weighted by Crippen LogP contribution is -2.23. The molecule has 5 N–H and O–H groups in total. The molecule has 11 heteroatoms. The number of aromatic nitrogens is 3. The van der Waals surface area contributed by atoms with Crippen LogP contribution in [0.2, 0.25) is 0 Å². The Balaban J connectivity index is 1.73. The van der Waals surface area contributed by atoms with Crippen LogP contribution >= 0.6 is 0 Å². The minimum atomic E-state index is -4.53. The van der Waals surface area contributed by atoms with Crippen LogP contribution in [0.25, 0.3) is 11.0 Å². The Hall–Kier alpha value is -3.76. The maximum Gasteiger partial charge on any atom is 0.418 e. The van der Waals surface area contributed by atoms with Crippen LogP contribution in [0.5, 0.6) is 5.75 Å². The highest BCUT2D eigenvalue weighted by Crippen LogP contribution is 2.39. The first-order valence-electron chi connectivity index (χ1n) is 11.4. The van der Waals surface area contributed by atoms with Crippen molar-refractivity contribution in [3.05, 3.63) is 47.8 Å². The largest absolute Gasteiger partial charge is 0.495 e. The van der Waals surface area contributed by atoms with E-state index in [0.717, 1.165) is 43.9 Å². The number of nitrogens with two attached hydrogens (primary N) is 1. The molecule has 8 nitrogen and oxygen atoms in total. The van der Waals surface area contributed by atoms with E-state index in [1.165, 1.54) is 13.3 Å². The van der Waals surface area contributed by atoms with Gasteiger partial charge in [0.2, 0.25) is 5.95 Å². The van der Waals surface area contributed by atoms with Gasteiger partial charge in [-0.3, -0.25) is 4.99 Å². The Morgan fingerprint density at radius 2 is 2.00 bits per heavy atom. The number of nitrogens with zero attached hydrogens (tertiary/aromatic N) is 3. The van der Waals surface area contributed by atoms with Crippen molar-refractivity contribution in [2.24, 2.45) is 10.7 Å². The van der Waals surface area contributed by atoms with Crippen LogP contribution in [0.15, 0.2) is 41.7 Å². The number of allylic oxidation sites excluding steroid dienone is 1. The lowest BCUT2D eigenvalue weighted by molar-refractivity contribution is -0.136. The Morgan fingerprint density at radius 3 is 2.66 bits per heavy atom. The number of anilines is 3. The Labute approximate surface area is 200 Å². The minimum Gasteiger partial charge on any atom is -0.495 e. The van der Waals surface area contributed by atoms with Crippen molar-refractivity contribution < 1.29 is 17.9 Å². The summed E-state index contributed by atoms with van der Waals surface area (Å²) >= 11 is 0. The van der Waals surface area contributed by atoms with E-state index >= 15 is 0 Å². The monoisotopic (exact) mass is 487 g/mol. The number of nitrogens with one attached hydrogen (secondary N) is 3. The number of methoxy groups -OCH3 is 1. The first kappa shape index (κ1) is 24.4. The van der Waals surface area contributed by atoms with E-state index < -0.39 is 11.7 Å². The van der Waals surface area contributed by atoms with Gasteiger partial charge in [-0.25, -0.2) is 0 Å². The molecule has 2 aromatic heterocycles. The van der Waals surface area contributed by atoms with Crippen molar-refractivity contribution in [2.45, 2.75) is 44.3 Å². The predicted octanol–water partition coefficient (Wildman–Crippen LogP) is 5.36. The van der Waals surface area contributed by atoms with Gasteiger partial charge in [0.15, 0.2) is 0 Å². The highest BCUT2D eigenvalue weighted by molar-refractivity contribution is 6.09. The summed E-state index contributed by atoms with van der Waals surface area (Å²) in [7, 11) is 3.18.